The molecule has 0 bridgehead atoms. The predicted molar refractivity (Wildman–Crippen MR) is 88.1 cm³/mol. The third-order valence-electron chi connectivity index (χ3n) is 4.56. The number of carbonyl (C=O) groups excluding carboxylic acids is 1. The fraction of sp³-hybridized carbons (Fsp3) is 0.471. The van der Waals surface area contributed by atoms with Crippen LogP contribution in [-0.2, 0) is 17.6 Å². The van der Waals surface area contributed by atoms with E-state index in [1.54, 1.807) is 36.2 Å². The van der Waals surface area contributed by atoms with Gasteiger partial charge in [0.25, 0.3) is 0 Å². The molecular formula is C17H19F3N4O3. The zero-order valence-electron chi connectivity index (χ0n) is 14.9. The van der Waals surface area contributed by atoms with Crippen molar-refractivity contribution >= 4 is 6.03 Å². The molecule has 1 aromatic carbocycles. The number of alkyl halides is 3. The number of carbonyl (C=O) groups is 1. The minimum absolute atomic E-state index is 0.154. The lowest BCUT2D eigenvalue weighted by Gasteiger charge is -2.37. The van der Waals surface area contributed by atoms with Crippen molar-refractivity contribution in [2.45, 2.75) is 38.0 Å². The molecule has 1 aromatic heterocycles. The number of hydrogen-bond donors (Lipinski definition) is 0. The second-order valence-corrected chi connectivity index (χ2v) is 6.32. The third-order valence-corrected chi connectivity index (χ3v) is 4.56. The molecule has 1 saturated carbocycles. The van der Waals surface area contributed by atoms with Crippen LogP contribution in [0.25, 0.3) is 11.4 Å². The van der Waals surface area contributed by atoms with Gasteiger partial charge in [-0.2, -0.15) is 23.2 Å². The summed E-state index contributed by atoms with van der Waals surface area (Å²) in [5.41, 5.74) is 1.12. The van der Waals surface area contributed by atoms with E-state index in [9.17, 15) is 18.0 Å². The summed E-state index contributed by atoms with van der Waals surface area (Å²) >= 11 is 0. The van der Waals surface area contributed by atoms with Crippen LogP contribution in [0.3, 0.4) is 0 Å². The van der Waals surface area contributed by atoms with Crippen LogP contribution in [-0.4, -0.2) is 46.3 Å². The summed E-state index contributed by atoms with van der Waals surface area (Å²) in [5.74, 6) is -1.55. The molecule has 3 rings (SSSR count). The minimum atomic E-state index is -4.68. The minimum Gasteiger partial charge on any atom is -0.329 e. The number of benzene rings is 1. The summed E-state index contributed by atoms with van der Waals surface area (Å²) < 4.78 is 41.8. The van der Waals surface area contributed by atoms with Gasteiger partial charge in [-0.1, -0.05) is 29.4 Å². The fourth-order valence-corrected chi connectivity index (χ4v) is 2.70. The van der Waals surface area contributed by atoms with Crippen LogP contribution in [0, 0.1) is 0 Å². The summed E-state index contributed by atoms with van der Waals surface area (Å²) in [6.07, 6.45) is -1.60. The van der Waals surface area contributed by atoms with Gasteiger partial charge < -0.3 is 9.42 Å². The summed E-state index contributed by atoms with van der Waals surface area (Å²) in [5, 5.41) is 4.58. The quantitative estimate of drug-likeness (QED) is 0.735. The summed E-state index contributed by atoms with van der Waals surface area (Å²) in [4.78, 5) is 22.7. The van der Waals surface area contributed by atoms with E-state index in [0.717, 1.165) is 24.8 Å². The van der Waals surface area contributed by atoms with Gasteiger partial charge in [-0.25, -0.2) is 4.79 Å². The van der Waals surface area contributed by atoms with Crippen molar-refractivity contribution in [3.8, 4) is 11.4 Å². The Labute approximate surface area is 153 Å². The van der Waals surface area contributed by atoms with E-state index in [2.05, 4.69) is 14.7 Å². The van der Waals surface area contributed by atoms with Crippen molar-refractivity contribution in [2.24, 2.45) is 0 Å². The van der Waals surface area contributed by atoms with E-state index < -0.39 is 12.1 Å². The molecule has 0 saturated heterocycles. The van der Waals surface area contributed by atoms with E-state index in [-0.39, 0.29) is 24.4 Å². The molecule has 2 aromatic rings. The van der Waals surface area contributed by atoms with E-state index in [1.807, 2.05) is 0 Å². The fourth-order valence-electron chi connectivity index (χ4n) is 2.70. The first-order valence-corrected chi connectivity index (χ1v) is 8.38. The number of amides is 2. The Hall–Kier alpha value is -2.62. The average molecular weight is 384 g/mol. The highest BCUT2D eigenvalue weighted by atomic mass is 19.4. The summed E-state index contributed by atoms with van der Waals surface area (Å²) in [6.45, 7) is 0.201. The number of nitrogens with zero attached hydrogens (tertiary/aromatic N) is 4. The molecule has 1 heterocycles. The van der Waals surface area contributed by atoms with Crippen LogP contribution in [0.4, 0.5) is 18.0 Å². The molecular weight excluding hydrogens is 365 g/mol. The highest BCUT2D eigenvalue weighted by Crippen LogP contribution is 2.29. The van der Waals surface area contributed by atoms with Gasteiger partial charge in [0.15, 0.2) is 0 Å². The van der Waals surface area contributed by atoms with E-state index in [1.165, 1.54) is 12.2 Å². The summed E-state index contributed by atoms with van der Waals surface area (Å²) in [7, 11) is 3.16. The molecule has 1 aliphatic carbocycles. The van der Waals surface area contributed by atoms with Gasteiger partial charge in [-0.15, -0.1) is 0 Å². The van der Waals surface area contributed by atoms with Crippen molar-refractivity contribution in [2.75, 3.05) is 14.2 Å². The first-order chi connectivity index (χ1) is 12.8. The average Bonchev–Trinajstić information content (AvgIpc) is 3.08. The smallest absolute Gasteiger partial charge is 0.329 e. The third kappa shape index (κ3) is 4.21. The molecule has 0 N–H and O–H groups in total. The van der Waals surface area contributed by atoms with Crippen LogP contribution in [0.5, 0.6) is 0 Å². The van der Waals surface area contributed by atoms with Crippen LogP contribution in [0.1, 0.15) is 30.7 Å². The van der Waals surface area contributed by atoms with Gasteiger partial charge >= 0.3 is 18.1 Å². The molecule has 0 radical (unpaired) electrons. The normalized spacial score (nSPS) is 14.7. The van der Waals surface area contributed by atoms with Gasteiger partial charge in [-0.3, -0.25) is 4.84 Å². The second kappa shape index (κ2) is 7.55. The number of urea groups is 1. The molecule has 0 atom stereocenters. The Morgan fingerprint density at radius 2 is 1.96 bits per heavy atom. The number of hydroxylamine groups is 2. The molecule has 0 spiro atoms. The van der Waals surface area contributed by atoms with Gasteiger partial charge in [0.2, 0.25) is 5.82 Å². The molecule has 1 aliphatic rings. The Kier molecular flexibility index (Phi) is 5.36. The molecule has 0 aliphatic heterocycles. The second-order valence-electron chi connectivity index (χ2n) is 6.32. The van der Waals surface area contributed by atoms with Gasteiger partial charge in [-0.05, 0) is 24.8 Å². The van der Waals surface area contributed by atoms with Gasteiger partial charge in [0, 0.05) is 18.7 Å². The maximum absolute atomic E-state index is 12.5. The number of hydrogen-bond acceptors (Lipinski definition) is 5. The maximum Gasteiger partial charge on any atom is 0.471 e. The van der Waals surface area contributed by atoms with Crippen LogP contribution in [0.2, 0.25) is 0 Å². The molecule has 0 unspecified atom stereocenters. The van der Waals surface area contributed by atoms with Crippen molar-refractivity contribution < 1.29 is 27.3 Å². The SMILES string of the molecule is CON(Cc1ccc(-c2noc(C(F)(F)F)n2)cc1)C(=O)N(C)C1CCC1. The monoisotopic (exact) mass is 384 g/mol. The Bertz CT molecular complexity index is 787. The van der Waals surface area contributed by atoms with Crippen LogP contribution in [0.15, 0.2) is 28.8 Å². The van der Waals surface area contributed by atoms with E-state index in [4.69, 9.17) is 4.84 Å². The highest BCUT2D eigenvalue weighted by Gasteiger charge is 2.38. The number of rotatable bonds is 5. The predicted octanol–water partition coefficient (Wildman–Crippen LogP) is 3.72. The van der Waals surface area contributed by atoms with Crippen molar-refractivity contribution in [1.82, 2.24) is 20.1 Å². The lowest BCUT2D eigenvalue weighted by molar-refractivity contribution is -0.159. The molecule has 146 valence electrons. The Morgan fingerprint density at radius 3 is 2.44 bits per heavy atom. The molecule has 1 fully saturated rings. The lowest BCUT2D eigenvalue weighted by Crippen LogP contribution is -2.47. The largest absolute Gasteiger partial charge is 0.471 e. The van der Waals surface area contributed by atoms with Crippen molar-refractivity contribution in [1.29, 1.82) is 0 Å². The number of aromatic nitrogens is 2. The summed E-state index contributed by atoms with van der Waals surface area (Å²) in [6, 6.07) is 6.46. The first-order valence-electron chi connectivity index (χ1n) is 8.38. The molecule has 2 amide bonds. The molecule has 27 heavy (non-hydrogen) atoms. The zero-order valence-corrected chi connectivity index (χ0v) is 14.9. The molecule has 7 nitrogen and oxygen atoms in total. The topological polar surface area (TPSA) is 71.7 Å². The van der Waals surface area contributed by atoms with Crippen molar-refractivity contribution in [3.63, 3.8) is 0 Å². The van der Waals surface area contributed by atoms with Crippen LogP contribution >= 0.6 is 0 Å². The number of halogens is 3. The highest BCUT2D eigenvalue weighted by molar-refractivity contribution is 5.73. The lowest BCUT2D eigenvalue weighted by atomic mass is 9.92. The maximum atomic E-state index is 12.5. The van der Waals surface area contributed by atoms with Crippen LogP contribution < -0.4 is 0 Å². The van der Waals surface area contributed by atoms with Gasteiger partial charge in [0.05, 0.1) is 13.7 Å². The van der Waals surface area contributed by atoms with E-state index in [0.29, 0.717) is 5.56 Å². The van der Waals surface area contributed by atoms with Gasteiger partial charge in [0.1, 0.15) is 0 Å². The van der Waals surface area contributed by atoms with E-state index >= 15 is 0 Å². The first kappa shape index (κ1) is 19.2. The zero-order chi connectivity index (χ0) is 19.6. The standard InChI is InChI=1S/C17H19F3N4O3/c1-23(13-4-3-5-13)16(25)24(26-2)10-11-6-8-12(9-7-11)14-21-15(27-22-14)17(18,19)20/h6-9,13H,3-5,10H2,1-2H3. The Morgan fingerprint density at radius 1 is 1.30 bits per heavy atom. The Balaban J connectivity index is 1.67. The van der Waals surface area contributed by atoms with Crippen molar-refractivity contribution in [3.05, 3.63) is 35.7 Å². The molecule has 10 heteroatoms.